The Hall–Kier alpha value is -2.04. The van der Waals surface area contributed by atoms with Crippen molar-refractivity contribution in [3.8, 4) is 0 Å². The number of carbonyl (C=O) groups excluding carboxylic acids is 1. The third kappa shape index (κ3) is 5.10. The number of amides is 2. The molecule has 5 heteroatoms. The molecule has 0 saturated heterocycles. The molecule has 0 aliphatic carbocycles. The molecule has 2 N–H and O–H groups in total. The maximum Gasteiger partial charge on any atom is 0.326 e. The van der Waals surface area contributed by atoms with Gasteiger partial charge in [-0.2, -0.15) is 0 Å². The van der Waals surface area contributed by atoms with Gasteiger partial charge in [0.1, 0.15) is 6.04 Å². The molecular formula is C16H24N2O3. The number of benzene rings is 1. The van der Waals surface area contributed by atoms with Crippen LogP contribution in [0.4, 0.5) is 10.5 Å². The van der Waals surface area contributed by atoms with E-state index >= 15 is 0 Å². The van der Waals surface area contributed by atoms with Crippen molar-refractivity contribution in [3.63, 3.8) is 0 Å². The van der Waals surface area contributed by atoms with Gasteiger partial charge < -0.3 is 10.4 Å². The van der Waals surface area contributed by atoms with Crippen LogP contribution in [0.25, 0.3) is 0 Å². The van der Waals surface area contributed by atoms with Crippen molar-refractivity contribution in [2.45, 2.75) is 40.2 Å². The Balaban J connectivity index is 2.83. The Morgan fingerprint density at radius 3 is 2.14 bits per heavy atom. The van der Waals surface area contributed by atoms with Gasteiger partial charge in [0.25, 0.3) is 0 Å². The molecule has 1 unspecified atom stereocenters. The Morgan fingerprint density at radius 1 is 1.19 bits per heavy atom. The Kier molecular flexibility index (Phi) is 5.76. The smallest absolute Gasteiger partial charge is 0.326 e. The number of hydrogen-bond acceptors (Lipinski definition) is 2. The molecule has 0 aliphatic heterocycles. The van der Waals surface area contributed by atoms with Gasteiger partial charge in [-0.3, -0.25) is 4.90 Å². The fourth-order valence-corrected chi connectivity index (χ4v) is 2.20. The molecule has 5 nitrogen and oxygen atoms in total. The number of carboxylic acid groups (broad SMARTS) is 1. The molecule has 1 atom stereocenters. The molecule has 0 radical (unpaired) electrons. The summed E-state index contributed by atoms with van der Waals surface area (Å²) >= 11 is 0. The molecule has 1 aromatic rings. The van der Waals surface area contributed by atoms with Crippen molar-refractivity contribution >= 4 is 17.7 Å². The predicted octanol–water partition coefficient (Wildman–Crippen LogP) is 2.95. The van der Waals surface area contributed by atoms with E-state index in [0.717, 1.165) is 16.8 Å². The van der Waals surface area contributed by atoms with Crippen molar-refractivity contribution in [2.75, 3.05) is 11.9 Å². The van der Waals surface area contributed by atoms with E-state index < -0.39 is 18.0 Å². The fourth-order valence-electron chi connectivity index (χ4n) is 2.20. The quantitative estimate of drug-likeness (QED) is 0.876. The van der Waals surface area contributed by atoms with Crippen LogP contribution in [-0.4, -0.2) is 30.2 Å². The zero-order valence-electron chi connectivity index (χ0n) is 13.3. The largest absolute Gasteiger partial charge is 0.480 e. The minimum Gasteiger partial charge on any atom is -0.480 e. The van der Waals surface area contributed by atoms with Crippen molar-refractivity contribution in [1.82, 2.24) is 5.32 Å². The Bertz CT molecular complexity index is 506. The molecule has 21 heavy (non-hydrogen) atoms. The minimum atomic E-state index is -1.01. The van der Waals surface area contributed by atoms with Crippen LogP contribution in [0.3, 0.4) is 0 Å². The molecule has 0 saturated carbocycles. The number of carboxylic acids is 1. The van der Waals surface area contributed by atoms with E-state index in [2.05, 4.69) is 5.32 Å². The van der Waals surface area contributed by atoms with Gasteiger partial charge in [-0.1, -0.05) is 19.9 Å². The highest BCUT2D eigenvalue weighted by Crippen LogP contribution is 2.18. The van der Waals surface area contributed by atoms with Crippen LogP contribution in [0, 0.1) is 19.8 Å². The van der Waals surface area contributed by atoms with E-state index in [-0.39, 0.29) is 5.92 Å². The molecule has 0 spiro atoms. The number of anilines is 1. The van der Waals surface area contributed by atoms with Crippen LogP contribution in [-0.2, 0) is 4.79 Å². The molecule has 0 bridgehead atoms. The lowest BCUT2D eigenvalue weighted by Crippen LogP contribution is -2.47. The maximum atomic E-state index is 12.2. The summed E-state index contributed by atoms with van der Waals surface area (Å²) in [4.78, 5) is 24.9. The predicted molar refractivity (Wildman–Crippen MR) is 83.7 cm³/mol. The third-order valence-corrected chi connectivity index (χ3v) is 3.20. The normalized spacial score (nSPS) is 12.1. The molecule has 0 heterocycles. The van der Waals surface area contributed by atoms with Gasteiger partial charge in [0.05, 0.1) is 0 Å². The second kappa shape index (κ2) is 7.11. The van der Waals surface area contributed by atoms with Crippen LogP contribution >= 0.6 is 0 Å². The molecular weight excluding hydrogens is 268 g/mol. The first-order chi connectivity index (χ1) is 9.70. The number of carbonyl (C=O) groups is 2. The number of aryl methyl sites for hydroxylation is 2. The van der Waals surface area contributed by atoms with Crippen molar-refractivity contribution < 1.29 is 14.7 Å². The van der Waals surface area contributed by atoms with Gasteiger partial charge in [0.15, 0.2) is 0 Å². The summed E-state index contributed by atoms with van der Waals surface area (Å²) < 4.78 is 0. The topological polar surface area (TPSA) is 69.6 Å². The van der Waals surface area contributed by atoms with Crippen LogP contribution in [0.5, 0.6) is 0 Å². The third-order valence-electron chi connectivity index (χ3n) is 3.20. The molecule has 2 amide bonds. The van der Waals surface area contributed by atoms with E-state index in [1.807, 2.05) is 45.9 Å². The minimum absolute atomic E-state index is 0.193. The Labute approximate surface area is 126 Å². The summed E-state index contributed by atoms with van der Waals surface area (Å²) in [5.41, 5.74) is 2.86. The van der Waals surface area contributed by atoms with E-state index in [9.17, 15) is 14.7 Å². The van der Waals surface area contributed by atoms with E-state index in [4.69, 9.17) is 0 Å². The van der Waals surface area contributed by atoms with Gasteiger partial charge in [-0.05, 0) is 49.4 Å². The molecule has 0 aromatic heterocycles. The number of aliphatic carboxylic acids is 1. The molecule has 0 aliphatic rings. The lowest BCUT2D eigenvalue weighted by Gasteiger charge is -2.23. The van der Waals surface area contributed by atoms with Crippen LogP contribution < -0.4 is 10.2 Å². The monoisotopic (exact) mass is 292 g/mol. The van der Waals surface area contributed by atoms with Crippen molar-refractivity contribution in [3.05, 3.63) is 29.3 Å². The summed E-state index contributed by atoms with van der Waals surface area (Å²) in [7, 11) is 1.64. The van der Waals surface area contributed by atoms with Gasteiger partial charge in [0.2, 0.25) is 0 Å². The summed E-state index contributed by atoms with van der Waals surface area (Å²) in [5, 5.41) is 11.8. The summed E-state index contributed by atoms with van der Waals surface area (Å²) in [5.74, 6) is -0.816. The first kappa shape index (κ1) is 17.0. The highest BCUT2D eigenvalue weighted by molar-refractivity contribution is 5.94. The number of rotatable bonds is 5. The standard InChI is InChI=1S/C16H24N2O3/c1-10(2)6-14(15(19)20)17-16(21)18(5)13-8-11(3)7-12(4)9-13/h7-10,14H,6H2,1-5H3,(H,17,21)(H,19,20). The van der Waals surface area contributed by atoms with Crippen molar-refractivity contribution in [2.24, 2.45) is 5.92 Å². The fraction of sp³-hybridized carbons (Fsp3) is 0.500. The van der Waals surface area contributed by atoms with Gasteiger partial charge >= 0.3 is 12.0 Å². The van der Waals surface area contributed by atoms with E-state index in [1.165, 1.54) is 4.90 Å². The van der Waals surface area contributed by atoms with Crippen molar-refractivity contribution in [1.29, 1.82) is 0 Å². The Morgan fingerprint density at radius 2 is 1.71 bits per heavy atom. The number of urea groups is 1. The zero-order valence-corrected chi connectivity index (χ0v) is 13.3. The van der Waals surface area contributed by atoms with Crippen LogP contribution in [0.2, 0.25) is 0 Å². The summed E-state index contributed by atoms with van der Waals surface area (Å²) in [6, 6.07) is 4.53. The molecule has 116 valence electrons. The number of hydrogen-bond donors (Lipinski definition) is 2. The lowest BCUT2D eigenvalue weighted by molar-refractivity contribution is -0.139. The maximum absolute atomic E-state index is 12.2. The van der Waals surface area contributed by atoms with Gasteiger partial charge in [-0.15, -0.1) is 0 Å². The van der Waals surface area contributed by atoms with Gasteiger partial charge in [-0.25, -0.2) is 9.59 Å². The van der Waals surface area contributed by atoms with E-state index in [1.54, 1.807) is 7.05 Å². The molecule has 1 rings (SSSR count). The van der Waals surface area contributed by atoms with E-state index in [0.29, 0.717) is 6.42 Å². The first-order valence-electron chi connectivity index (χ1n) is 7.06. The number of nitrogens with one attached hydrogen (secondary N) is 1. The summed E-state index contributed by atoms with van der Waals surface area (Å²) in [6.45, 7) is 7.77. The highest BCUT2D eigenvalue weighted by atomic mass is 16.4. The second-order valence-corrected chi connectivity index (χ2v) is 5.87. The molecule has 0 fully saturated rings. The average Bonchev–Trinajstić information content (AvgIpc) is 2.35. The second-order valence-electron chi connectivity index (χ2n) is 5.87. The molecule has 1 aromatic carbocycles. The lowest BCUT2D eigenvalue weighted by atomic mass is 10.0. The first-order valence-corrected chi connectivity index (χ1v) is 7.06. The SMILES string of the molecule is Cc1cc(C)cc(N(C)C(=O)NC(CC(C)C)C(=O)O)c1. The highest BCUT2D eigenvalue weighted by Gasteiger charge is 2.23. The van der Waals surface area contributed by atoms with Gasteiger partial charge in [0, 0.05) is 12.7 Å². The zero-order chi connectivity index (χ0) is 16.2. The summed E-state index contributed by atoms with van der Waals surface area (Å²) in [6.07, 6.45) is 0.405. The average molecular weight is 292 g/mol. The van der Waals surface area contributed by atoms with Crippen LogP contribution in [0.15, 0.2) is 18.2 Å². The number of nitrogens with zero attached hydrogens (tertiary/aromatic N) is 1. The van der Waals surface area contributed by atoms with Crippen LogP contribution in [0.1, 0.15) is 31.4 Å².